The van der Waals surface area contributed by atoms with Gasteiger partial charge in [-0.25, -0.2) is 14.8 Å². The van der Waals surface area contributed by atoms with Gasteiger partial charge >= 0.3 is 6.03 Å². The van der Waals surface area contributed by atoms with Crippen LogP contribution in [0.4, 0.5) is 16.4 Å². The van der Waals surface area contributed by atoms with Crippen molar-refractivity contribution in [2.24, 2.45) is 5.92 Å². The molecule has 1 aliphatic carbocycles. The predicted molar refractivity (Wildman–Crippen MR) is 144 cm³/mol. The van der Waals surface area contributed by atoms with Crippen molar-refractivity contribution < 1.29 is 19.1 Å². The normalized spacial score (nSPS) is 15.6. The average Bonchev–Trinajstić information content (AvgIpc) is 3.74. The van der Waals surface area contributed by atoms with E-state index in [1.165, 1.54) is 4.90 Å². The van der Waals surface area contributed by atoms with E-state index in [1.807, 2.05) is 18.0 Å². The van der Waals surface area contributed by atoms with Crippen molar-refractivity contribution in [1.82, 2.24) is 19.8 Å². The number of piperazine rings is 1. The molecule has 200 valence electrons. The van der Waals surface area contributed by atoms with Gasteiger partial charge in [0.25, 0.3) is 0 Å². The monoisotopic (exact) mass is 518 g/mol. The summed E-state index contributed by atoms with van der Waals surface area (Å²) < 4.78 is 5.19. The molecule has 0 radical (unpaired) electrons. The van der Waals surface area contributed by atoms with Crippen molar-refractivity contribution in [1.29, 1.82) is 0 Å². The number of likely N-dealkylation sites (N-methyl/N-ethyl adjacent to an activating group) is 1. The molecule has 0 aromatic carbocycles. The largest absolute Gasteiger partial charge is 0.385 e. The zero-order chi connectivity index (χ0) is 27.1. The van der Waals surface area contributed by atoms with Crippen LogP contribution in [-0.4, -0.2) is 85.4 Å². The first-order valence-corrected chi connectivity index (χ1v) is 12.8. The number of nitrogens with zero attached hydrogens (tertiary/aromatic N) is 5. The van der Waals surface area contributed by atoms with E-state index in [0.29, 0.717) is 55.6 Å². The van der Waals surface area contributed by atoms with E-state index < -0.39 is 6.03 Å². The summed E-state index contributed by atoms with van der Waals surface area (Å²) in [5.74, 6) is 7.72. The number of urea groups is 1. The van der Waals surface area contributed by atoms with Crippen molar-refractivity contribution in [2.75, 3.05) is 57.7 Å². The van der Waals surface area contributed by atoms with Gasteiger partial charge in [0.1, 0.15) is 17.3 Å². The molecule has 0 unspecified atom stereocenters. The number of methoxy groups -OCH3 is 1. The summed E-state index contributed by atoms with van der Waals surface area (Å²) in [5, 5.41) is 2.81. The van der Waals surface area contributed by atoms with E-state index in [2.05, 4.69) is 27.1 Å². The number of pyridine rings is 2. The molecule has 1 saturated carbocycles. The third kappa shape index (κ3) is 7.15. The number of hydrogen-bond donors (Lipinski definition) is 1. The Balaban J connectivity index is 1.45. The van der Waals surface area contributed by atoms with Gasteiger partial charge in [-0.15, -0.1) is 0 Å². The van der Waals surface area contributed by atoms with Gasteiger partial charge in [0, 0.05) is 63.6 Å². The minimum absolute atomic E-state index is 0.00907. The Labute approximate surface area is 223 Å². The second-order valence-electron chi connectivity index (χ2n) is 9.74. The van der Waals surface area contributed by atoms with Crippen LogP contribution in [0.3, 0.4) is 0 Å². The number of ether oxygens (including phenoxy) is 1. The lowest BCUT2D eigenvalue weighted by Crippen LogP contribution is -2.48. The maximum Gasteiger partial charge on any atom is 0.328 e. The first-order valence-electron chi connectivity index (χ1n) is 12.8. The van der Waals surface area contributed by atoms with Gasteiger partial charge in [0.05, 0.1) is 6.54 Å². The van der Waals surface area contributed by atoms with Gasteiger partial charge in [-0.3, -0.25) is 24.7 Å². The second kappa shape index (κ2) is 12.6. The van der Waals surface area contributed by atoms with Crippen LogP contribution in [0.25, 0.3) is 0 Å². The molecule has 1 N–H and O–H groups in total. The Morgan fingerprint density at radius 2 is 2.11 bits per heavy atom. The Hall–Kier alpha value is -3.81. The summed E-state index contributed by atoms with van der Waals surface area (Å²) in [6.07, 6.45) is 6.23. The number of aryl methyl sites for hydroxylation is 1. The fourth-order valence-electron chi connectivity index (χ4n) is 4.11. The highest BCUT2D eigenvalue weighted by molar-refractivity contribution is 6.00. The molecule has 0 atom stereocenters. The number of carbonyl (C=O) groups excluding carboxylic acids is 3. The van der Waals surface area contributed by atoms with E-state index in [9.17, 15) is 14.4 Å². The summed E-state index contributed by atoms with van der Waals surface area (Å²) >= 11 is 0. The molecule has 2 aliphatic rings. The molecule has 38 heavy (non-hydrogen) atoms. The summed E-state index contributed by atoms with van der Waals surface area (Å²) in [7, 11) is 5.15. The molecule has 2 aromatic rings. The fourth-order valence-corrected chi connectivity index (χ4v) is 4.11. The molecule has 1 aliphatic heterocycles. The zero-order valence-corrected chi connectivity index (χ0v) is 22.2. The number of anilines is 2. The second-order valence-corrected chi connectivity index (χ2v) is 9.74. The molecule has 10 nitrogen and oxygen atoms in total. The van der Waals surface area contributed by atoms with Gasteiger partial charge in [0.2, 0.25) is 5.91 Å². The highest BCUT2D eigenvalue weighted by Crippen LogP contribution is 2.28. The summed E-state index contributed by atoms with van der Waals surface area (Å²) in [5.41, 5.74) is 2.71. The van der Waals surface area contributed by atoms with Crippen molar-refractivity contribution in [3.05, 3.63) is 46.8 Å². The molecule has 3 heterocycles. The van der Waals surface area contributed by atoms with Gasteiger partial charge in [0.15, 0.2) is 6.29 Å². The lowest BCUT2D eigenvalue weighted by molar-refractivity contribution is -0.136. The predicted octanol–water partition coefficient (Wildman–Crippen LogP) is 2.57. The van der Waals surface area contributed by atoms with E-state index in [0.717, 1.165) is 43.4 Å². The maximum absolute atomic E-state index is 13.0. The lowest BCUT2D eigenvalue weighted by atomic mass is 10.1. The van der Waals surface area contributed by atoms with E-state index in [4.69, 9.17) is 4.74 Å². The molecule has 0 spiro atoms. The zero-order valence-electron chi connectivity index (χ0n) is 22.2. The third-order valence-corrected chi connectivity index (χ3v) is 6.64. The van der Waals surface area contributed by atoms with Crippen LogP contribution in [0.2, 0.25) is 0 Å². The van der Waals surface area contributed by atoms with Crippen LogP contribution in [0.1, 0.15) is 46.4 Å². The number of hydrogen-bond acceptors (Lipinski definition) is 7. The molecule has 2 fully saturated rings. The Bertz CT molecular complexity index is 1250. The summed E-state index contributed by atoms with van der Waals surface area (Å²) in [4.78, 5) is 50.9. The third-order valence-electron chi connectivity index (χ3n) is 6.64. The van der Waals surface area contributed by atoms with Gasteiger partial charge < -0.3 is 9.64 Å². The molecule has 2 aromatic heterocycles. The highest BCUT2D eigenvalue weighted by atomic mass is 16.5. The minimum atomic E-state index is -0.441. The van der Waals surface area contributed by atoms with Crippen molar-refractivity contribution in [3.63, 3.8) is 0 Å². The van der Waals surface area contributed by atoms with E-state index >= 15 is 0 Å². The Morgan fingerprint density at radius 3 is 2.82 bits per heavy atom. The van der Waals surface area contributed by atoms with Crippen molar-refractivity contribution in [2.45, 2.75) is 32.2 Å². The van der Waals surface area contributed by atoms with E-state index in [-0.39, 0.29) is 11.6 Å². The molecule has 0 bridgehead atoms. The maximum atomic E-state index is 13.0. The van der Waals surface area contributed by atoms with Crippen LogP contribution in [0, 0.1) is 17.8 Å². The van der Waals surface area contributed by atoms with Crippen LogP contribution >= 0.6 is 0 Å². The van der Waals surface area contributed by atoms with Crippen molar-refractivity contribution in [3.8, 4) is 11.8 Å². The average molecular weight is 519 g/mol. The number of aldehydes is 1. The summed E-state index contributed by atoms with van der Waals surface area (Å²) in [6, 6.07) is 4.81. The topological polar surface area (TPSA) is 108 Å². The quantitative estimate of drug-likeness (QED) is 0.309. The number of aromatic nitrogens is 2. The van der Waals surface area contributed by atoms with E-state index in [1.54, 1.807) is 37.4 Å². The number of amides is 3. The first-order chi connectivity index (χ1) is 18.4. The smallest absolute Gasteiger partial charge is 0.328 e. The molecule has 10 heteroatoms. The number of carbonyl (C=O) groups is 3. The standard InChI is InChI=1S/C28H34N6O4/c1-32-12-13-34(27(36)18-32)17-23-10-11-26(30-24(23)19-35)33(2)28(37)31-25-15-21(5-4-14-38-3)22(16-29-25)9-8-20-6-7-20/h10-11,15-16,19-20H,4-7,12-14,17-18H2,1-3H3,(H,29,31,37). The first kappa shape index (κ1) is 27.2. The van der Waals surface area contributed by atoms with Gasteiger partial charge in [-0.05, 0) is 50.4 Å². The SMILES string of the molecule is COCCCc1cc(NC(=O)N(C)c2ccc(CN3CCN(C)CC3=O)c(C=O)n2)ncc1C#CC1CC1. The van der Waals surface area contributed by atoms with Crippen LogP contribution in [0.15, 0.2) is 24.4 Å². The number of nitrogens with one attached hydrogen (secondary N) is 1. The minimum Gasteiger partial charge on any atom is -0.385 e. The van der Waals surface area contributed by atoms with Crippen LogP contribution in [0.5, 0.6) is 0 Å². The summed E-state index contributed by atoms with van der Waals surface area (Å²) in [6.45, 7) is 2.64. The molecular formula is C28H34N6O4. The highest BCUT2D eigenvalue weighted by Gasteiger charge is 2.23. The van der Waals surface area contributed by atoms with Gasteiger partial charge in [-0.2, -0.15) is 0 Å². The fraction of sp³-hybridized carbons (Fsp3) is 0.464. The molecule has 1 saturated heterocycles. The molecule has 3 amide bonds. The number of rotatable bonds is 9. The van der Waals surface area contributed by atoms with Crippen LogP contribution in [-0.2, 0) is 22.5 Å². The Kier molecular flexibility index (Phi) is 9.05. The van der Waals surface area contributed by atoms with Gasteiger partial charge in [-0.1, -0.05) is 17.9 Å². The lowest BCUT2D eigenvalue weighted by Gasteiger charge is -2.32. The Morgan fingerprint density at radius 1 is 1.29 bits per heavy atom. The molecule has 4 rings (SSSR count). The van der Waals surface area contributed by atoms with Crippen LogP contribution < -0.4 is 10.2 Å². The molecular weight excluding hydrogens is 484 g/mol. The van der Waals surface area contributed by atoms with Crippen molar-refractivity contribution >= 4 is 29.9 Å².